The highest BCUT2D eigenvalue weighted by molar-refractivity contribution is 6.01. The minimum atomic E-state index is -4.93. The van der Waals surface area contributed by atoms with Gasteiger partial charge in [-0.3, -0.25) is 9.59 Å². The number of anilines is 2. The van der Waals surface area contributed by atoms with E-state index in [0.29, 0.717) is 5.56 Å². The van der Waals surface area contributed by atoms with Crippen LogP contribution >= 0.6 is 0 Å². The van der Waals surface area contributed by atoms with E-state index in [1.807, 2.05) is 0 Å². The van der Waals surface area contributed by atoms with Crippen LogP contribution in [-0.2, 0) is 9.59 Å². The highest BCUT2D eigenvalue weighted by Crippen LogP contribution is 2.37. The van der Waals surface area contributed by atoms with Crippen molar-refractivity contribution in [2.45, 2.75) is 30.9 Å². The largest absolute Gasteiger partial charge is 0.573 e. The van der Waals surface area contributed by atoms with Crippen molar-refractivity contribution in [3.63, 3.8) is 0 Å². The fourth-order valence-electron chi connectivity index (χ4n) is 5.95. The molecule has 0 aromatic heterocycles. The van der Waals surface area contributed by atoms with E-state index in [0.717, 1.165) is 60.7 Å². The smallest absolute Gasteiger partial charge is 0.493 e. The first kappa shape index (κ1) is 48.2. The third-order valence-corrected chi connectivity index (χ3v) is 9.06. The first-order chi connectivity index (χ1) is 30.5. The second-order valence-corrected chi connectivity index (χ2v) is 13.6. The lowest BCUT2D eigenvalue weighted by Gasteiger charge is -2.30. The van der Waals surface area contributed by atoms with Gasteiger partial charge < -0.3 is 50.1 Å². The van der Waals surface area contributed by atoms with Gasteiger partial charge in [0.2, 0.25) is 11.6 Å². The Morgan fingerprint density at radius 1 is 0.600 bits per heavy atom. The van der Waals surface area contributed by atoms with Gasteiger partial charge in [0.1, 0.15) is 11.5 Å². The summed E-state index contributed by atoms with van der Waals surface area (Å²) in [6, 6.07) is 20.1. The molecule has 6 N–H and O–H groups in total. The number of hydrogen-bond acceptors (Lipinski definition) is 14. The van der Waals surface area contributed by atoms with Gasteiger partial charge in [-0.15, -0.1) is 26.3 Å². The topological polar surface area (TPSA) is 216 Å². The number of aliphatic hydroxyl groups is 2. The molecule has 0 saturated heterocycles. The van der Waals surface area contributed by atoms with E-state index < -0.39 is 65.9 Å². The Kier molecular flexibility index (Phi) is 14.9. The number of halogens is 6. The average Bonchev–Trinajstić information content (AvgIpc) is 3.24. The third-order valence-electron chi connectivity index (χ3n) is 9.06. The van der Waals surface area contributed by atoms with Crippen LogP contribution in [0.3, 0.4) is 0 Å². The van der Waals surface area contributed by atoms with E-state index >= 15 is 0 Å². The fourth-order valence-corrected chi connectivity index (χ4v) is 5.95. The standard InChI is InChI=1S/C45H36F6N2O12/c1-60-38-21-25(4-18-36(38)62-41(56)27-7-13-31(14-8-27)64-44(46,47)48)3-12-30(54)24-34(33-17-11-29(52)23-35(33)53)43(58,59)40(55)20-6-26-5-19-37(39(22-26)61-2)63-42(57)28-9-15-32(16-10-28)65-45(49,50)51/h3-23,34,58-59H,24,52-53H2,1-2H3. The number of hydrogen-bond donors (Lipinski definition) is 4. The molecule has 0 amide bonds. The number of allylic oxidation sites excluding steroid dienone is 1. The summed E-state index contributed by atoms with van der Waals surface area (Å²) in [5.74, 6) is -10.0. The number of alkyl halides is 6. The highest BCUT2D eigenvalue weighted by Gasteiger charge is 2.43. The molecule has 0 fully saturated rings. The van der Waals surface area contributed by atoms with E-state index in [-0.39, 0.29) is 56.6 Å². The molecule has 340 valence electrons. The number of ketones is 2. The van der Waals surface area contributed by atoms with Gasteiger partial charge in [-0.25, -0.2) is 9.59 Å². The summed E-state index contributed by atoms with van der Waals surface area (Å²) >= 11 is 0. The Morgan fingerprint density at radius 2 is 1.05 bits per heavy atom. The third kappa shape index (κ3) is 13.3. The molecule has 0 spiro atoms. The number of benzene rings is 5. The molecule has 0 saturated carbocycles. The second kappa shape index (κ2) is 20.1. The summed E-state index contributed by atoms with van der Waals surface area (Å²) in [6.07, 6.45) is -6.12. The monoisotopic (exact) mass is 910 g/mol. The molecular weight excluding hydrogens is 874 g/mol. The normalized spacial score (nSPS) is 12.4. The molecule has 0 aliphatic heterocycles. The molecule has 20 heteroatoms. The van der Waals surface area contributed by atoms with Crippen LogP contribution in [0.25, 0.3) is 12.2 Å². The number of carbonyl (C=O) groups excluding carboxylic acids is 4. The number of esters is 2. The Morgan fingerprint density at radius 3 is 1.46 bits per heavy atom. The number of nitrogen functional groups attached to an aromatic ring is 2. The van der Waals surface area contributed by atoms with Gasteiger partial charge in [0.15, 0.2) is 28.8 Å². The SMILES string of the molecule is COc1cc(C=CC(=O)CC(c2ccc(N)cc2N)C(O)(O)C(=O)C=Cc2ccc(OC(=O)c3ccc(OC(F)(F)F)cc3)c(OC)c2)ccc1OC(=O)c1ccc(OC(F)(F)F)cc1. The average molecular weight is 911 g/mol. The number of methoxy groups -OCH3 is 2. The Labute approximate surface area is 364 Å². The molecule has 14 nitrogen and oxygen atoms in total. The predicted molar refractivity (Wildman–Crippen MR) is 220 cm³/mol. The van der Waals surface area contributed by atoms with Gasteiger partial charge in [-0.05, 0) is 114 Å². The van der Waals surface area contributed by atoms with Crippen LogP contribution in [0.5, 0.6) is 34.5 Å². The molecular formula is C45H36F6N2O12. The van der Waals surface area contributed by atoms with Crippen LogP contribution in [-0.4, -0.2) is 66.4 Å². The molecule has 0 bridgehead atoms. The van der Waals surface area contributed by atoms with E-state index in [4.69, 9.17) is 30.4 Å². The molecule has 5 rings (SSSR count). The Bertz CT molecular complexity index is 2610. The number of carbonyl (C=O) groups is 4. The van der Waals surface area contributed by atoms with Crippen LogP contribution < -0.4 is 39.9 Å². The van der Waals surface area contributed by atoms with Crippen LogP contribution in [0.15, 0.2) is 115 Å². The van der Waals surface area contributed by atoms with Crippen molar-refractivity contribution < 1.29 is 84.2 Å². The second-order valence-electron chi connectivity index (χ2n) is 13.6. The molecule has 65 heavy (non-hydrogen) atoms. The van der Waals surface area contributed by atoms with E-state index in [1.54, 1.807) is 0 Å². The summed E-state index contributed by atoms with van der Waals surface area (Å²) in [4.78, 5) is 52.3. The van der Waals surface area contributed by atoms with Crippen LogP contribution in [0.2, 0.25) is 0 Å². The van der Waals surface area contributed by atoms with Crippen molar-refractivity contribution in [2.75, 3.05) is 25.7 Å². The first-order valence-electron chi connectivity index (χ1n) is 18.6. The van der Waals surface area contributed by atoms with Crippen molar-refractivity contribution in [1.29, 1.82) is 0 Å². The molecule has 1 unspecified atom stereocenters. The van der Waals surface area contributed by atoms with Gasteiger partial charge in [0.25, 0.3) is 0 Å². The van der Waals surface area contributed by atoms with Crippen LogP contribution in [0, 0.1) is 0 Å². The molecule has 0 aliphatic rings. The molecule has 5 aromatic rings. The van der Waals surface area contributed by atoms with Crippen molar-refractivity contribution in [3.05, 3.63) is 143 Å². The van der Waals surface area contributed by atoms with Crippen LogP contribution in [0.1, 0.15) is 49.7 Å². The lowest BCUT2D eigenvalue weighted by atomic mass is 9.82. The lowest BCUT2D eigenvalue weighted by Crippen LogP contribution is -2.44. The van der Waals surface area contributed by atoms with E-state index in [2.05, 4.69) is 9.47 Å². The maximum absolute atomic E-state index is 13.5. The van der Waals surface area contributed by atoms with Gasteiger partial charge >= 0.3 is 24.7 Å². The van der Waals surface area contributed by atoms with Gasteiger partial charge in [-0.2, -0.15) is 0 Å². The molecule has 0 radical (unpaired) electrons. The maximum Gasteiger partial charge on any atom is 0.573 e. The van der Waals surface area contributed by atoms with Crippen molar-refractivity contribution >= 4 is 47.0 Å². The van der Waals surface area contributed by atoms with Crippen molar-refractivity contribution in [1.82, 2.24) is 0 Å². The van der Waals surface area contributed by atoms with Gasteiger partial charge in [0, 0.05) is 17.8 Å². The number of ether oxygens (including phenoxy) is 6. The first-order valence-corrected chi connectivity index (χ1v) is 18.6. The quantitative estimate of drug-likeness (QED) is 0.0175. The van der Waals surface area contributed by atoms with Gasteiger partial charge in [0.05, 0.1) is 31.3 Å². The molecule has 1 atom stereocenters. The van der Waals surface area contributed by atoms with Crippen molar-refractivity contribution in [2.24, 2.45) is 0 Å². The Balaban J connectivity index is 1.29. The number of rotatable bonds is 17. The summed E-state index contributed by atoms with van der Waals surface area (Å²) in [6.45, 7) is 0. The summed E-state index contributed by atoms with van der Waals surface area (Å²) in [5.41, 5.74) is 12.5. The van der Waals surface area contributed by atoms with E-state index in [9.17, 15) is 55.7 Å². The number of nitrogens with two attached hydrogens (primary N) is 2. The lowest BCUT2D eigenvalue weighted by molar-refractivity contribution is -0.275. The van der Waals surface area contributed by atoms with Crippen LogP contribution in [0.4, 0.5) is 37.7 Å². The highest BCUT2D eigenvalue weighted by atomic mass is 19.4. The predicted octanol–water partition coefficient (Wildman–Crippen LogP) is 7.82. The molecule has 5 aromatic carbocycles. The minimum Gasteiger partial charge on any atom is -0.493 e. The molecule has 0 heterocycles. The zero-order valence-electron chi connectivity index (χ0n) is 33.8. The summed E-state index contributed by atoms with van der Waals surface area (Å²) < 4.78 is 104. The summed E-state index contributed by atoms with van der Waals surface area (Å²) in [5, 5.41) is 22.8. The van der Waals surface area contributed by atoms with Crippen molar-refractivity contribution in [3.8, 4) is 34.5 Å². The van der Waals surface area contributed by atoms with E-state index in [1.165, 1.54) is 81.0 Å². The fraction of sp³-hybridized carbons (Fsp3) is 0.156. The minimum absolute atomic E-state index is 0.00147. The van der Waals surface area contributed by atoms with Gasteiger partial charge in [-0.1, -0.05) is 30.4 Å². The zero-order valence-corrected chi connectivity index (χ0v) is 33.8. The maximum atomic E-state index is 13.5. The molecule has 0 aliphatic carbocycles. The Hall–Kier alpha value is -7.84. The zero-order chi connectivity index (χ0) is 47.7. The summed E-state index contributed by atoms with van der Waals surface area (Å²) in [7, 11) is 2.51.